The van der Waals surface area contributed by atoms with E-state index >= 15 is 0 Å². The minimum Gasteiger partial charge on any atom is -0.319 e. The Bertz CT molecular complexity index is 185. The Kier molecular flexibility index (Phi) is 6.46. The van der Waals surface area contributed by atoms with Gasteiger partial charge in [0.15, 0.2) is 0 Å². The zero-order valence-corrected chi connectivity index (χ0v) is 9.51. The van der Waals surface area contributed by atoms with Crippen LogP contribution in [0.3, 0.4) is 0 Å². The van der Waals surface area contributed by atoms with E-state index in [9.17, 15) is 4.79 Å². The molecule has 0 amide bonds. The Labute approximate surface area is 87.6 Å². The molecule has 0 fully saturated rings. The fourth-order valence-electron chi connectivity index (χ4n) is 1.31. The molecule has 0 aromatic heterocycles. The van der Waals surface area contributed by atoms with Gasteiger partial charge in [-0.15, -0.1) is 6.58 Å². The number of carbonyl (C=O) groups excluding carboxylic acids is 1. The van der Waals surface area contributed by atoms with Crippen molar-refractivity contribution in [3.63, 3.8) is 0 Å². The summed E-state index contributed by atoms with van der Waals surface area (Å²) < 4.78 is 0. The Balaban J connectivity index is 3.44. The van der Waals surface area contributed by atoms with Crippen molar-refractivity contribution in [3.8, 4) is 0 Å². The van der Waals surface area contributed by atoms with Gasteiger partial charge in [-0.3, -0.25) is 4.79 Å². The van der Waals surface area contributed by atoms with Crippen LogP contribution in [0.2, 0.25) is 0 Å². The molecule has 0 bridgehead atoms. The van der Waals surface area contributed by atoms with E-state index in [2.05, 4.69) is 6.58 Å². The highest BCUT2D eigenvalue weighted by Gasteiger charge is 2.22. The summed E-state index contributed by atoms with van der Waals surface area (Å²) >= 11 is 0. The predicted molar refractivity (Wildman–Crippen MR) is 61.2 cm³/mol. The maximum Gasteiger partial charge on any atom is 0.149 e. The maximum absolute atomic E-state index is 11.1. The fourth-order valence-corrected chi connectivity index (χ4v) is 1.31. The van der Waals surface area contributed by atoms with Gasteiger partial charge in [0.25, 0.3) is 0 Å². The lowest BCUT2D eigenvalue weighted by atomic mass is 9.91. The smallest absolute Gasteiger partial charge is 0.149 e. The molecule has 2 nitrogen and oxygen atoms in total. The third-order valence-electron chi connectivity index (χ3n) is 2.66. The highest BCUT2D eigenvalue weighted by atomic mass is 16.1. The summed E-state index contributed by atoms with van der Waals surface area (Å²) in [5, 5.41) is 0. The molecule has 0 saturated carbocycles. The summed E-state index contributed by atoms with van der Waals surface area (Å²) in [5.41, 5.74) is 5.22. The summed E-state index contributed by atoms with van der Waals surface area (Å²) in [6.07, 6.45) is 8.45. The highest BCUT2D eigenvalue weighted by molar-refractivity contribution is 5.85. The number of Topliss-reactive ketones (excluding diaryl/α,β-unsaturated/α-hetero) is 1. The zero-order valence-electron chi connectivity index (χ0n) is 9.51. The molecule has 0 radical (unpaired) electrons. The molecule has 14 heavy (non-hydrogen) atoms. The summed E-state index contributed by atoms with van der Waals surface area (Å²) in [6.45, 7) is 7.06. The van der Waals surface area contributed by atoms with E-state index in [-0.39, 0.29) is 5.78 Å². The molecule has 0 aliphatic rings. The molecule has 0 unspecified atom stereocenters. The van der Waals surface area contributed by atoms with E-state index in [0.29, 0.717) is 0 Å². The molecule has 82 valence electrons. The monoisotopic (exact) mass is 197 g/mol. The Morgan fingerprint density at radius 1 is 1.36 bits per heavy atom. The van der Waals surface area contributed by atoms with Crippen molar-refractivity contribution >= 4 is 5.78 Å². The largest absolute Gasteiger partial charge is 0.319 e. The van der Waals surface area contributed by atoms with Gasteiger partial charge in [0, 0.05) is 0 Å². The van der Waals surface area contributed by atoms with Crippen LogP contribution in [0.15, 0.2) is 12.7 Å². The predicted octanol–water partition coefficient (Wildman–Crippen LogP) is 2.82. The summed E-state index contributed by atoms with van der Waals surface area (Å²) in [5.74, 6) is 0.0867. The van der Waals surface area contributed by atoms with Gasteiger partial charge in [0.1, 0.15) is 5.78 Å². The van der Waals surface area contributed by atoms with E-state index in [1.54, 1.807) is 6.92 Å². The standard InChI is InChI=1S/C12H23NO/c1-4-5-6-7-8-9-10-12(3,13)11(2)14/h4H,1,5-10,13H2,2-3H3/t12-/m0/s1. The number of unbranched alkanes of at least 4 members (excludes halogenated alkanes) is 4. The van der Waals surface area contributed by atoms with Crippen LogP contribution < -0.4 is 5.73 Å². The molecule has 2 heteroatoms. The van der Waals surface area contributed by atoms with Gasteiger partial charge in [-0.25, -0.2) is 0 Å². The summed E-state index contributed by atoms with van der Waals surface area (Å²) in [4.78, 5) is 11.1. The number of allylic oxidation sites excluding steroid dienone is 1. The third-order valence-corrected chi connectivity index (χ3v) is 2.66. The second kappa shape index (κ2) is 6.77. The number of hydrogen-bond acceptors (Lipinski definition) is 2. The van der Waals surface area contributed by atoms with Gasteiger partial charge in [-0.2, -0.15) is 0 Å². The first-order valence-corrected chi connectivity index (χ1v) is 5.41. The van der Waals surface area contributed by atoms with E-state index in [4.69, 9.17) is 5.73 Å². The SMILES string of the molecule is C=CCCCCCC[C@](C)(N)C(C)=O. The van der Waals surface area contributed by atoms with E-state index in [1.165, 1.54) is 12.8 Å². The van der Waals surface area contributed by atoms with Gasteiger partial charge < -0.3 is 5.73 Å². The van der Waals surface area contributed by atoms with Crippen molar-refractivity contribution < 1.29 is 4.79 Å². The number of carbonyl (C=O) groups is 1. The average Bonchev–Trinajstić information content (AvgIpc) is 2.10. The first kappa shape index (κ1) is 13.4. The molecule has 0 rings (SSSR count). The van der Waals surface area contributed by atoms with Crippen molar-refractivity contribution in [2.24, 2.45) is 5.73 Å². The first-order valence-electron chi connectivity index (χ1n) is 5.41. The molecule has 0 aliphatic heterocycles. The van der Waals surface area contributed by atoms with Crippen LogP contribution in [0.4, 0.5) is 0 Å². The van der Waals surface area contributed by atoms with Crippen LogP contribution in [0.1, 0.15) is 52.4 Å². The lowest BCUT2D eigenvalue weighted by molar-refractivity contribution is -0.121. The molecule has 0 aromatic rings. The fraction of sp³-hybridized carbons (Fsp3) is 0.750. The normalized spacial score (nSPS) is 14.8. The van der Waals surface area contributed by atoms with Gasteiger partial charge in [0.05, 0.1) is 5.54 Å². The van der Waals surface area contributed by atoms with Crippen LogP contribution in [0.5, 0.6) is 0 Å². The molecule has 0 aliphatic carbocycles. The number of hydrogen-bond donors (Lipinski definition) is 1. The molecule has 2 N–H and O–H groups in total. The minimum atomic E-state index is -0.613. The van der Waals surface area contributed by atoms with Gasteiger partial charge in [0.2, 0.25) is 0 Å². The zero-order chi connectivity index (χ0) is 11.0. The van der Waals surface area contributed by atoms with Crippen LogP contribution in [-0.4, -0.2) is 11.3 Å². The molecular weight excluding hydrogens is 174 g/mol. The number of rotatable bonds is 8. The molecule has 1 atom stereocenters. The van der Waals surface area contributed by atoms with Crippen LogP contribution in [-0.2, 0) is 4.79 Å². The third kappa shape index (κ3) is 5.92. The van der Waals surface area contributed by atoms with Crippen molar-refractivity contribution in [1.29, 1.82) is 0 Å². The second-order valence-corrected chi connectivity index (χ2v) is 4.22. The second-order valence-electron chi connectivity index (χ2n) is 4.22. The van der Waals surface area contributed by atoms with E-state index in [1.807, 2.05) is 13.0 Å². The molecule has 0 spiro atoms. The van der Waals surface area contributed by atoms with Crippen molar-refractivity contribution in [1.82, 2.24) is 0 Å². The maximum atomic E-state index is 11.1. The van der Waals surface area contributed by atoms with Crippen LogP contribution >= 0.6 is 0 Å². The van der Waals surface area contributed by atoms with Crippen molar-refractivity contribution in [2.75, 3.05) is 0 Å². The van der Waals surface area contributed by atoms with Gasteiger partial charge >= 0.3 is 0 Å². The molecular formula is C12H23NO. The molecule has 0 aromatic carbocycles. The number of nitrogens with two attached hydrogens (primary N) is 1. The lowest BCUT2D eigenvalue weighted by Crippen LogP contribution is -2.43. The first-order chi connectivity index (χ1) is 6.50. The van der Waals surface area contributed by atoms with Crippen LogP contribution in [0.25, 0.3) is 0 Å². The Hall–Kier alpha value is -0.630. The van der Waals surface area contributed by atoms with Crippen LogP contribution in [0, 0.1) is 0 Å². The lowest BCUT2D eigenvalue weighted by Gasteiger charge is -2.20. The Morgan fingerprint density at radius 2 is 1.93 bits per heavy atom. The van der Waals surface area contributed by atoms with E-state index < -0.39 is 5.54 Å². The van der Waals surface area contributed by atoms with Gasteiger partial charge in [-0.05, 0) is 33.1 Å². The van der Waals surface area contributed by atoms with Crippen molar-refractivity contribution in [2.45, 2.75) is 57.9 Å². The molecule has 0 saturated heterocycles. The summed E-state index contributed by atoms with van der Waals surface area (Å²) in [6, 6.07) is 0. The quantitative estimate of drug-likeness (QED) is 0.480. The van der Waals surface area contributed by atoms with Crippen molar-refractivity contribution in [3.05, 3.63) is 12.7 Å². The summed E-state index contributed by atoms with van der Waals surface area (Å²) in [7, 11) is 0. The molecule has 0 heterocycles. The highest BCUT2D eigenvalue weighted by Crippen LogP contribution is 2.14. The minimum absolute atomic E-state index is 0.0867. The van der Waals surface area contributed by atoms with E-state index in [0.717, 1.165) is 25.7 Å². The number of ketones is 1. The Morgan fingerprint density at radius 3 is 2.43 bits per heavy atom. The topological polar surface area (TPSA) is 43.1 Å². The average molecular weight is 197 g/mol. The van der Waals surface area contributed by atoms with Gasteiger partial charge in [-0.1, -0.05) is 25.3 Å².